The van der Waals surface area contributed by atoms with Gasteiger partial charge in [0.15, 0.2) is 0 Å². The molecule has 2 heterocycles. The van der Waals surface area contributed by atoms with Gasteiger partial charge in [0, 0.05) is 10.8 Å². The number of rotatable bonds is 4. The summed E-state index contributed by atoms with van der Waals surface area (Å²) in [7, 11) is 6.64. The Morgan fingerprint density at radius 2 is 0.933 bits per heavy atom. The third-order valence-electron chi connectivity index (χ3n) is 5.74. The van der Waals surface area contributed by atoms with Gasteiger partial charge in [-0.15, -0.1) is 0 Å². The first-order valence-corrected chi connectivity index (χ1v) is 9.78. The van der Waals surface area contributed by atoms with Crippen LogP contribution in [0.15, 0.2) is 36.4 Å². The van der Waals surface area contributed by atoms with E-state index in [0.717, 1.165) is 68.7 Å². The number of benzene rings is 2. The Bertz CT molecular complexity index is 1200. The van der Waals surface area contributed by atoms with Crippen LogP contribution >= 0.6 is 0 Å². The molecule has 0 saturated heterocycles. The maximum absolute atomic E-state index is 5.57. The Morgan fingerprint density at radius 3 is 1.30 bits per heavy atom. The summed E-state index contributed by atoms with van der Waals surface area (Å²) in [5, 5.41) is 1.89. The van der Waals surface area contributed by atoms with Crippen molar-refractivity contribution >= 4 is 21.8 Å². The summed E-state index contributed by atoms with van der Waals surface area (Å²) in [5.74, 6) is 2.98. The fourth-order valence-corrected chi connectivity index (χ4v) is 4.25. The molecule has 152 valence electrons. The van der Waals surface area contributed by atoms with E-state index in [1.807, 2.05) is 24.3 Å². The molecule has 0 N–H and O–H groups in total. The van der Waals surface area contributed by atoms with E-state index >= 15 is 0 Å². The number of aryl methyl sites for hydroxylation is 2. The summed E-state index contributed by atoms with van der Waals surface area (Å²) in [6.45, 7) is 0. The smallest absolute Gasteiger partial charge is 0.145 e. The monoisotopic (exact) mass is 402 g/mol. The molecule has 6 nitrogen and oxygen atoms in total. The second-order valence-corrected chi connectivity index (χ2v) is 7.22. The molecule has 0 radical (unpaired) electrons. The lowest BCUT2D eigenvalue weighted by molar-refractivity contribution is 0.409. The summed E-state index contributed by atoms with van der Waals surface area (Å²) in [5.41, 5.74) is 5.58. The fraction of sp³-hybridized carbons (Fsp3) is 0.250. The van der Waals surface area contributed by atoms with Gasteiger partial charge in [0.25, 0.3) is 0 Å². The number of pyridine rings is 2. The van der Waals surface area contributed by atoms with E-state index in [0.29, 0.717) is 11.5 Å². The second kappa shape index (κ2) is 7.06. The lowest BCUT2D eigenvalue weighted by Crippen LogP contribution is -2.09. The van der Waals surface area contributed by atoms with E-state index < -0.39 is 0 Å². The van der Waals surface area contributed by atoms with E-state index in [2.05, 4.69) is 12.1 Å². The highest BCUT2D eigenvalue weighted by molar-refractivity contribution is 5.96. The fourth-order valence-electron chi connectivity index (χ4n) is 4.25. The Labute approximate surface area is 174 Å². The first-order valence-electron chi connectivity index (χ1n) is 9.78. The van der Waals surface area contributed by atoms with Crippen LogP contribution in [0.4, 0.5) is 0 Å². The minimum absolute atomic E-state index is 0.709. The largest absolute Gasteiger partial charge is 0.496 e. The highest BCUT2D eigenvalue weighted by Crippen LogP contribution is 2.41. The number of nitrogens with zero attached hydrogens (tertiary/aromatic N) is 2. The van der Waals surface area contributed by atoms with Crippen LogP contribution in [0.5, 0.6) is 23.0 Å². The van der Waals surface area contributed by atoms with Gasteiger partial charge in [-0.05, 0) is 60.4 Å². The predicted octanol–water partition coefficient (Wildman–Crippen LogP) is 4.58. The van der Waals surface area contributed by atoms with E-state index in [4.69, 9.17) is 28.9 Å². The summed E-state index contributed by atoms with van der Waals surface area (Å²) in [4.78, 5) is 10.0. The maximum Gasteiger partial charge on any atom is 0.145 e. The minimum atomic E-state index is 0.709. The molecule has 0 aliphatic heterocycles. The van der Waals surface area contributed by atoms with Crippen molar-refractivity contribution in [2.75, 3.05) is 28.4 Å². The molecule has 30 heavy (non-hydrogen) atoms. The van der Waals surface area contributed by atoms with E-state index in [9.17, 15) is 0 Å². The zero-order valence-corrected chi connectivity index (χ0v) is 17.4. The number of aromatic nitrogens is 2. The Kier molecular flexibility index (Phi) is 4.35. The molecule has 5 rings (SSSR count). The standard InChI is InChI=1S/C24H22N2O4/c1-27-17-7-9-19(29-3)23-15(17)11-13-5-6-14-12-16-18(28-2)8-10-20(30-4)24(16)26-22(14)21(13)25-23/h7-12H,5-6H2,1-4H3. The van der Waals surface area contributed by atoms with Gasteiger partial charge in [-0.1, -0.05) is 0 Å². The van der Waals surface area contributed by atoms with Gasteiger partial charge < -0.3 is 18.9 Å². The maximum atomic E-state index is 5.57. The van der Waals surface area contributed by atoms with Crippen molar-refractivity contribution in [2.45, 2.75) is 12.8 Å². The topological polar surface area (TPSA) is 62.7 Å². The minimum Gasteiger partial charge on any atom is -0.496 e. The molecule has 1 aliphatic rings. The van der Waals surface area contributed by atoms with Gasteiger partial charge in [0.1, 0.15) is 34.0 Å². The molecule has 6 heteroatoms. The number of ether oxygens (including phenoxy) is 4. The third kappa shape index (κ3) is 2.64. The van der Waals surface area contributed by atoms with Gasteiger partial charge in [0.2, 0.25) is 0 Å². The number of hydrogen-bond acceptors (Lipinski definition) is 6. The lowest BCUT2D eigenvalue weighted by atomic mass is 9.90. The molecule has 0 fully saturated rings. The molecule has 0 spiro atoms. The van der Waals surface area contributed by atoms with Crippen LogP contribution in [0.1, 0.15) is 11.1 Å². The van der Waals surface area contributed by atoms with Crippen molar-refractivity contribution in [2.24, 2.45) is 0 Å². The Hall–Kier alpha value is -3.54. The van der Waals surface area contributed by atoms with Crippen molar-refractivity contribution < 1.29 is 18.9 Å². The van der Waals surface area contributed by atoms with Gasteiger partial charge in [-0.3, -0.25) is 0 Å². The molecular weight excluding hydrogens is 380 g/mol. The average Bonchev–Trinajstić information content (AvgIpc) is 2.80. The molecule has 0 atom stereocenters. The summed E-state index contributed by atoms with van der Waals surface area (Å²) in [6.07, 6.45) is 1.76. The average molecular weight is 402 g/mol. The summed E-state index contributed by atoms with van der Waals surface area (Å²) in [6, 6.07) is 11.9. The van der Waals surface area contributed by atoms with Crippen molar-refractivity contribution in [3.8, 4) is 34.4 Å². The molecule has 0 amide bonds. The normalized spacial score (nSPS) is 12.4. The van der Waals surface area contributed by atoms with Crippen LogP contribution in [0.25, 0.3) is 33.2 Å². The first-order chi connectivity index (χ1) is 14.7. The summed E-state index contributed by atoms with van der Waals surface area (Å²) < 4.78 is 22.3. The predicted molar refractivity (Wildman–Crippen MR) is 116 cm³/mol. The Balaban J connectivity index is 1.82. The van der Waals surface area contributed by atoms with Crippen molar-refractivity contribution in [3.63, 3.8) is 0 Å². The van der Waals surface area contributed by atoms with Gasteiger partial charge >= 0.3 is 0 Å². The molecule has 2 aromatic heterocycles. The van der Waals surface area contributed by atoms with Crippen LogP contribution in [0.2, 0.25) is 0 Å². The first kappa shape index (κ1) is 18.5. The molecule has 0 saturated carbocycles. The Morgan fingerprint density at radius 1 is 0.567 bits per heavy atom. The molecule has 1 aliphatic carbocycles. The SMILES string of the molecule is COc1ccc(OC)c2nc3c(cc12)CCc1cc2c(OC)ccc(OC)c2nc1-3. The van der Waals surface area contributed by atoms with Crippen LogP contribution in [-0.4, -0.2) is 38.4 Å². The molecule has 2 aromatic carbocycles. The van der Waals surface area contributed by atoms with E-state index in [-0.39, 0.29) is 0 Å². The van der Waals surface area contributed by atoms with E-state index in [1.165, 1.54) is 0 Å². The highest BCUT2D eigenvalue weighted by Gasteiger charge is 2.24. The molecule has 4 aromatic rings. The van der Waals surface area contributed by atoms with Crippen molar-refractivity contribution in [1.29, 1.82) is 0 Å². The number of fused-ring (bicyclic) bond motifs is 5. The quantitative estimate of drug-likeness (QED) is 0.498. The zero-order valence-electron chi connectivity index (χ0n) is 17.4. The van der Waals surface area contributed by atoms with Gasteiger partial charge in [-0.2, -0.15) is 0 Å². The summed E-state index contributed by atoms with van der Waals surface area (Å²) >= 11 is 0. The number of methoxy groups -OCH3 is 4. The van der Waals surface area contributed by atoms with Crippen molar-refractivity contribution in [3.05, 3.63) is 47.5 Å². The number of hydrogen-bond donors (Lipinski definition) is 0. The lowest BCUT2D eigenvalue weighted by Gasteiger charge is -2.21. The van der Waals surface area contributed by atoms with Crippen molar-refractivity contribution in [1.82, 2.24) is 9.97 Å². The highest BCUT2D eigenvalue weighted by atomic mass is 16.5. The third-order valence-corrected chi connectivity index (χ3v) is 5.74. The zero-order chi connectivity index (χ0) is 20.8. The van der Waals surface area contributed by atoms with Crippen LogP contribution in [-0.2, 0) is 12.8 Å². The molecule has 0 unspecified atom stereocenters. The van der Waals surface area contributed by atoms with Gasteiger partial charge in [-0.25, -0.2) is 9.97 Å². The van der Waals surface area contributed by atoms with Crippen LogP contribution in [0.3, 0.4) is 0 Å². The van der Waals surface area contributed by atoms with Gasteiger partial charge in [0.05, 0.1) is 39.8 Å². The van der Waals surface area contributed by atoms with Crippen LogP contribution in [0, 0.1) is 0 Å². The molecule has 0 bridgehead atoms. The molecular formula is C24H22N2O4. The van der Waals surface area contributed by atoms with E-state index in [1.54, 1.807) is 28.4 Å². The second-order valence-electron chi connectivity index (χ2n) is 7.22. The van der Waals surface area contributed by atoms with Crippen LogP contribution < -0.4 is 18.9 Å².